The summed E-state index contributed by atoms with van der Waals surface area (Å²) < 4.78 is 0. The third-order valence-electron chi connectivity index (χ3n) is 2.76. The topological polar surface area (TPSA) is 92.5 Å². The first kappa shape index (κ1) is 13.6. The lowest BCUT2D eigenvalue weighted by atomic mass is 10.0. The Morgan fingerprint density at radius 3 is 2.71 bits per heavy atom. The molecule has 1 heterocycles. The van der Waals surface area contributed by atoms with Crippen LogP contribution in [0.1, 0.15) is 20.3 Å². The highest BCUT2D eigenvalue weighted by Crippen LogP contribution is 2.13. The molecule has 0 spiro atoms. The van der Waals surface area contributed by atoms with Gasteiger partial charge in [0.15, 0.2) is 0 Å². The standard InChI is InChI=1S/C10H15N3O3S/c1-3-6(8(11)17)10(16)13-4-7(14)12-9(15)5(13)2/h5-6H,3-4H2,1-2H3,(H2,11,17)(H,12,14,15). The molecule has 2 atom stereocenters. The van der Waals surface area contributed by atoms with Gasteiger partial charge in [0.2, 0.25) is 17.7 Å². The van der Waals surface area contributed by atoms with E-state index >= 15 is 0 Å². The Labute approximate surface area is 105 Å². The summed E-state index contributed by atoms with van der Waals surface area (Å²) in [4.78, 5) is 36.0. The Morgan fingerprint density at radius 1 is 1.65 bits per heavy atom. The van der Waals surface area contributed by atoms with Crippen molar-refractivity contribution in [2.75, 3.05) is 6.54 Å². The number of carbonyl (C=O) groups is 3. The molecule has 0 aromatic carbocycles. The molecular weight excluding hydrogens is 242 g/mol. The van der Waals surface area contributed by atoms with Crippen LogP contribution < -0.4 is 11.1 Å². The minimum atomic E-state index is -0.677. The predicted molar refractivity (Wildman–Crippen MR) is 64.9 cm³/mol. The Balaban J connectivity index is 2.90. The second kappa shape index (κ2) is 5.22. The molecule has 94 valence electrons. The van der Waals surface area contributed by atoms with Crippen molar-refractivity contribution in [1.82, 2.24) is 10.2 Å². The summed E-state index contributed by atoms with van der Waals surface area (Å²) in [5.74, 6) is -1.95. The summed E-state index contributed by atoms with van der Waals surface area (Å²) in [5, 5.41) is 2.16. The molecule has 0 aromatic heterocycles. The fraction of sp³-hybridized carbons (Fsp3) is 0.600. The third kappa shape index (κ3) is 2.79. The van der Waals surface area contributed by atoms with Crippen LogP contribution in [0, 0.1) is 5.92 Å². The number of carbonyl (C=O) groups excluding carboxylic acids is 3. The van der Waals surface area contributed by atoms with Gasteiger partial charge in [-0.05, 0) is 13.3 Å². The SMILES string of the molecule is CCC(C(=O)N1CC(=O)NC(=O)C1C)C(N)=S. The Hall–Kier alpha value is -1.50. The lowest BCUT2D eigenvalue weighted by Gasteiger charge is -2.33. The fourth-order valence-corrected chi connectivity index (χ4v) is 1.95. The number of hydrogen-bond donors (Lipinski definition) is 2. The van der Waals surface area contributed by atoms with Crippen LogP contribution in [-0.2, 0) is 14.4 Å². The monoisotopic (exact) mass is 257 g/mol. The second-order valence-corrected chi connectivity index (χ2v) is 4.39. The van der Waals surface area contributed by atoms with Crippen molar-refractivity contribution in [2.45, 2.75) is 26.3 Å². The number of nitrogens with zero attached hydrogens (tertiary/aromatic N) is 1. The summed E-state index contributed by atoms with van der Waals surface area (Å²) in [6.07, 6.45) is 0.452. The highest BCUT2D eigenvalue weighted by molar-refractivity contribution is 7.80. The summed E-state index contributed by atoms with van der Waals surface area (Å²) in [7, 11) is 0. The maximum absolute atomic E-state index is 12.1. The molecule has 2 unspecified atom stereocenters. The molecule has 0 aliphatic carbocycles. The van der Waals surface area contributed by atoms with Gasteiger partial charge in [0, 0.05) is 0 Å². The van der Waals surface area contributed by atoms with E-state index in [4.69, 9.17) is 18.0 Å². The zero-order valence-electron chi connectivity index (χ0n) is 9.73. The van der Waals surface area contributed by atoms with Crippen molar-refractivity contribution >= 4 is 34.9 Å². The van der Waals surface area contributed by atoms with Gasteiger partial charge < -0.3 is 10.6 Å². The smallest absolute Gasteiger partial charge is 0.249 e. The van der Waals surface area contributed by atoms with Crippen molar-refractivity contribution < 1.29 is 14.4 Å². The highest BCUT2D eigenvalue weighted by Gasteiger charge is 2.36. The molecule has 3 amide bonds. The van der Waals surface area contributed by atoms with Crippen LogP contribution in [0.2, 0.25) is 0 Å². The molecule has 1 fully saturated rings. The van der Waals surface area contributed by atoms with Crippen molar-refractivity contribution in [3.63, 3.8) is 0 Å². The summed E-state index contributed by atoms with van der Waals surface area (Å²) in [6, 6.07) is -0.677. The number of imide groups is 1. The fourth-order valence-electron chi connectivity index (χ4n) is 1.68. The highest BCUT2D eigenvalue weighted by atomic mass is 32.1. The predicted octanol–water partition coefficient (Wildman–Crippen LogP) is -0.828. The number of thiocarbonyl (C=S) groups is 1. The van der Waals surface area contributed by atoms with E-state index in [-0.39, 0.29) is 17.4 Å². The molecule has 0 saturated carbocycles. The van der Waals surface area contributed by atoms with Gasteiger partial charge in [-0.3, -0.25) is 19.7 Å². The van der Waals surface area contributed by atoms with Crippen LogP contribution in [0.15, 0.2) is 0 Å². The van der Waals surface area contributed by atoms with Crippen molar-refractivity contribution in [2.24, 2.45) is 11.7 Å². The first-order valence-corrected chi connectivity index (χ1v) is 5.72. The second-order valence-electron chi connectivity index (χ2n) is 3.92. The summed E-state index contributed by atoms with van der Waals surface area (Å²) in [5.41, 5.74) is 5.47. The quantitative estimate of drug-likeness (QED) is 0.508. The number of piperazine rings is 1. The Bertz CT molecular complexity index is 383. The van der Waals surface area contributed by atoms with E-state index in [0.717, 1.165) is 0 Å². The van der Waals surface area contributed by atoms with Gasteiger partial charge in [0.1, 0.15) is 12.6 Å². The van der Waals surface area contributed by atoms with Crippen LogP contribution in [0.4, 0.5) is 0 Å². The third-order valence-corrected chi connectivity index (χ3v) is 3.04. The maximum atomic E-state index is 12.1. The Morgan fingerprint density at radius 2 is 2.24 bits per heavy atom. The van der Waals surface area contributed by atoms with Crippen LogP contribution in [0.3, 0.4) is 0 Å². The molecule has 1 aliphatic heterocycles. The number of hydrogen-bond acceptors (Lipinski definition) is 4. The molecule has 17 heavy (non-hydrogen) atoms. The van der Waals surface area contributed by atoms with E-state index in [2.05, 4.69) is 5.32 Å². The van der Waals surface area contributed by atoms with E-state index in [1.807, 2.05) is 0 Å². The molecule has 0 radical (unpaired) electrons. The summed E-state index contributed by atoms with van der Waals surface area (Å²) >= 11 is 4.80. The van der Waals surface area contributed by atoms with Crippen molar-refractivity contribution in [1.29, 1.82) is 0 Å². The van der Waals surface area contributed by atoms with Gasteiger partial charge in [-0.2, -0.15) is 0 Å². The van der Waals surface area contributed by atoms with Crippen LogP contribution in [-0.4, -0.2) is 40.2 Å². The van der Waals surface area contributed by atoms with Gasteiger partial charge in [0.25, 0.3) is 0 Å². The molecule has 3 N–H and O–H groups in total. The van der Waals surface area contributed by atoms with E-state index in [9.17, 15) is 14.4 Å². The number of nitrogens with two attached hydrogens (primary N) is 1. The molecule has 1 aliphatic rings. The lowest BCUT2D eigenvalue weighted by molar-refractivity contribution is -0.150. The van der Waals surface area contributed by atoms with E-state index in [1.54, 1.807) is 13.8 Å². The summed E-state index contributed by atoms with van der Waals surface area (Å²) in [6.45, 7) is 3.20. The van der Waals surface area contributed by atoms with Crippen molar-refractivity contribution in [3.05, 3.63) is 0 Å². The molecule has 1 saturated heterocycles. The van der Waals surface area contributed by atoms with Crippen LogP contribution in [0.25, 0.3) is 0 Å². The molecule has 7 heteroatoms. The number of amides is 3. The average molecular weight is 257 g/mol. The van der Waals surface area contributed by atoms with Crippen LogP contribution >= 0.6 is 12.2 Å². The molecule has 1 rings (SSSR count). The molecular formula is C10H15N3O3S. The van der Waals surface area contributed by atoms with Gasteiger partial charge in [-0.15, -0.1) is 0 Å². The normalized spacial score (nSPS) is 22.0. The van der Waals surface area contributed by atoms with Gasteiger partial charge in [-0.25, -0.2) is 0 Å². The first-order valence-electron chi connectivity index (χ1n) is 5.32. The largest absolute Gasteiger partial charge is 0.393 e. The lowest BCUT2D eigenvalue weighted by Crippen LogP contribution is -2.60. The minimum Gasteiger partial charge on any atom is -0.393 e. The van der Waals surface area contributed by atoms with E-state index in [1.165, 1.54) is 4.90 Å². The van der Waals surface area contributed by atoms with Crippen molar-refractivity contribution in [3.8, 4) is 0 Å². The van der Waals surface area contributed by atoms with Gasteiger partial charge in [-0.1, -0.05) is 19.1 Å². The number of rotatable bonds is 3. The first-order chi connectivity index (χ1) is 7.88. The zero-order chi connectivity index (χ0) is 13.2. The maximum Gasteiger partial charge on any atom is 0.249 e. The van der Waals surface area contributed by atoms with Crippen LogP contribution in [0.5, 0.6) is 0 Å². The van der Waals surface area contributed by atoms with Gasteiger partial charge >= 0.3 is 0 Å². The van der Waals surface area contributed by atoms with E-state index < -0.39 is 23.8 Å². The number of nitrogens with one attached hydrogen (secondary N) is 1. The minimum absolute atomic E-state index is 0.0862. The average Bonchev–Trinajstić information content (AvgIpc) is 2.23. The molecule has 0 bridgehead atoms. The molecule has 6 nitrogen and oxygen atoms in total. The molecule has 0 aromatic rings. The van der Waals surface area contributed by atoms with Gasteiger partial charge in [0.05, 0.1) is 10.9 Å². The zero-order valence-corrected chi connectivity index (χ0v) is 10.5. The Kier molecular flexibility index (Phi) is 4.17. The van der Waals surface area contributed by atoms with E-state index in [0.29, 0.717) is 6.42 Å².